The van der Waals surface area contributed by atoms with Crippen molar-refractivity contribution in [1.29, 1.82) is 0 Å². The summed E-state index contributed by atoms with van der Waals surface area (Å²) in [6, 6.07) is 0. The smallest absolute Gasteiger partial charge is 0.327 e. The van der Waals surface area contributed by atoms with E-state index in [1.807, 2.05) is 4.98 Å². The number of nitrogens with one attached hydrogen (secondary N) is 3. The molecule has 0 aliphatic rings. The molecule has 0 aromatic carbocycles. The number of nitrogen functional groups attached to an aromatic ring is 1. The highest BCUT2D eigenvalue weighted by Gasteiger charge is 2.03. The highest BCUT2D eigenvalue weighted by atomic mass is 16.3. The van der Waals surface area contributed by atoms with Crippen LogP contribution in [0.2, 0.25) is 0 Å². The normalized spacial score (nSPS) is 9.92. The first kappa shape index (κ1) is 9.33. The van der Waals surface area contributed by atoms with Gasteiger partial charge in [0.25, 0.3) is 5.56 Å². The van der Waals surface area contributed by atoms with E-state index in [2.05, 4.69) is 10.3 Å². The first-order valence-corrected chi connectivity index (χ1v) is 3.62. The minimum Gasteiger partial charge on any atom is -0.395 e. The molecule has 0 saturated heterocycles. The van der Waals surface area contributed by atoms with Gasteiger partial charge in [-0.05, 0) is 0 Å². The summed E-state index contributed by atoms with van der Waals surface area (Å²) in [6.07, 6.45) is 0. The van der Waals surface area contributed by atoms with E-state index in [1.165, 1.54) is 0 Å². The molecule has 7 heteroatoms. The standard InChI is InChI=1S/C6H10N4O3/c7-3-4(8-1-2-11)9-6(13)10-5(3)12/h11H,1-2,7H2,(H3,8,9,10,12,13). The van der Waals surface area contributed by atoms with Crippen LogP contribution >= 0.6 is 0 Å². The van der Waals surface area contributed by atoms with Gasteiger partial charge in [0.15, 0.2) is 0 Å². The minimum atomic E-state index is -0.649. The molecule has 1 rings (SSSR count). The molecule has 1 aromatic rings. The molecule has 0 aliphatic carbocycles. The first-order chi connectivity index (χ1) is 6.15. The van der Waals surface area contributed by atoms with Gasteiger partial charge in [-0.25, -0.2) is 4.79 Å². The fourth-order valence-electron chi connectivity index (χ4n) is 0.816. The highest BCUT2D eigenvalue weighted by Crippen LogP contribution is 2.03. The molecule has 1 aromatic heterocycles. The maximum atomic E-state index is 10.9. The molecule has 0 fully saturated rings. The summed E-state index contributed by atoms with van der Waals surface area (Å²) >= 11 is 0. The van der Waals surface area contributed by atoms with Crippen LogP contribution < -0.4 is 22.3 Å². The third kappa shape index (κ3) is 2.09. The molecule has 0 saturated carbocycles. The second-order valence-electron chi connectivity index (χ2n) is 2.35. The summed E-state index contributed by atoms with van der Waals surface area (Å²) in [5.41, 5.74) is 3.94. The fraction of sp³-hybridized carbons (Fsp3) is 0.333. The van der Waals surface area contributed by atoms with Gasteiger partial charge < -0.3 is 16.2 Å². The maximum absolute atomic E-state index is 10.9. The Bertz CT molecular complexity index is 394. The molecular weight excluding hydrogens is 176 g/mol. The Labute approximate surface area is 72.6 Å². The number of H-pyrrole nitrogens is 2. The molecule has 72 valence electrons. The Morgan fingerprint density at radius 1 is 1.38 bits per heavy atom. The van der Waals surface area contributed by atoms with Crippen LogP contribution in [0, 0.1) is 0 Å². The molecule has 0 amide bonds. The lowest BCUT2D eigenvalue weighted by atomic mass is 10.4. The zero-order valence-electron chi connectivity index (χ0n) is 6.76. The van der Waals surface area contributed by atoms with Crippen molar-refractivity contribution in [2.75, 3.05) is 24.2 Å². The number of hydrogen-bond acceptors (Lipinski definition) is 5. The lowest BCUT2D eigenvalue weighted by Crippen LogP contribution is -2.27. The van der Waals surface area contributed by atoms with Crippen LogP contribution in [0.15, 0.2) is 9.59 Å². The molecular formula is C6H10N4O3. The van der Waals surface area contributed by atoms with Crippen molar-refractivity contribution >= 4 is 11.5 Å². The van der Waals surface area contributed by atoms with Crippen LogP contribution in [-0.2, 0) is 0 Å². The molecule has 7 nitrogen and oxygen atoms in total. The second-order valence-corrected chi connectivity index (χ2v) is 2.35. The van der Waals surface area contributed by atoms with Crippen LogP contribution in [0.1, 0.15) is 0 Å². The lowest BCUT2D eigenvalue weighted by molar-refractivity contribution is 0.311. The number of aromatic nitrogens is 2. The van der Waals surface area contributed by atoms with Crippen molar-refractivity contribution < 1.29 is 5.11 Å². The summed E-state index contributed by atoms with van der Waals surface area (Å²) in [4.78, 5) is 25.9. The van der Waals surface area contributed by atoms with Crippen LogP contribution in [0.3, 0.4) is 0 Å². The van der Waals surface area contributed by atoms with E-state index in [0.29, 0.717) is 0 Å². The number of anilines is 2. The predicted molar refractivity (Wildman–Crippen MR) is 47.7 cm³/mol. The van der Waals surface area contributed by atoms with Crippen LogP contribution in [0.25, 0.3) is 0 Å². The van der Waals surface area contributed by atoms with E-state index >= 15 is 0 Å². The number of aliphatic hydroxyl groups is 1. The summed E-state index contributed by atoms with van der Waals surface area (Å²) in [5.74, 6) is 0.128. The fourth-order valence-corrected chi connectivity index (χ4v) is 0.816. The van der Waals surface area contributed by atoms with Crippen LogP contribution in [0.5, 0.6) is 0 Å². The molecule has 0 radical (unpaired) electrons. The van der Waals surface area contributed by atoms with Gasteiger partial charge >= 0.3 is 5.69 Å². The van der Waals surface area contributed by atoms with Crippen molar-refractivity contribution in [3.8, 4) is 0 Å². The Hall–Kier alpha value is -1.76. The Kier molecular flexibility index (Phi) is 2.70. The number of aromatic amines is 2. The molecule has 0 atom stereocenters. The minimum absolute atomic E-state index is 0.104. The van der Waals surface area contributed by atoms with Crippen molar-refractivity contribution in [1.82, 2.24) is 9.97 Å². The van der Waals surface area contributed by atoms with Gasteiger partial charge in [0.2, 0.25) is 0 Å². The molecule has 13 heavy (non-hydrogen) atoms. The summed E-state index contributed by atoms with van der Waals surface area (Å²) in [5, 5.41) is 11.1. The average Bonchev–Trinajstić information content (AvgIpc) is 2.09. The van der Waals surface area contributed by atoms with Gasteiger partial charge in [-0.15, -0.1) is 0 Å². The Balaban J connectivity index is 3.06. The van der Waals surface area contributed by atoms with Gasteiger partial charge in [-0.1, -0.05) is 0 Å². The molecule has 1 heterocycles. The average molecular weight is 186 g/mol. The summed E-state index contributed by atoms with van der Waals surface area (Å²) in [6.45, 7) is 0.0951. The molecule has 0 unspecified atom stereocenters. The Morgan fingerprint density at radius 3 is 2.69 bits per heavy atom. The van der Waals surface area contributed by atoms with Crippen molar-refractivity contribution in [2.45, 2.75) is 0 Å². The van der Waals surface area contributed by atoms with Crippen molar-refractivity contribution in [3.63, 3.8) is 0 Å². The van der Waals surface area contributed by atoms with Gasteiger partial charge in [-0.3, -0.25) is 14.8 Å². The third-order valence-electron chi connectivity index (χ3n) is 1.39. The molecule has 0 spiro atoms. The van der Waals surface area contributed by atoms with E-state index in [1.54, 1.807) is 0 Å². The van der Waals surface area contributed by atoms with Gasteiger partial charge in [0.05, 0.1) is 6.61 Å². The topological polar surface area (TPSA) is 124 Å². The van der Waals surface area contributed by atoms with Gasteiger partial charge in [-0.2, -0.15) is 0 Å². The quantitative estimate of drug-likeness (QED) is 0.375. The van der Waals surface area contributed by atoms with E-state index in [0.717, 1.165) is 0 Å². The largest absolute Gasteiger partial charge is 0.395 e. The molecule has 0 bridgehead atoms. The molecule has 0 aliphatic heterocycles. The van der Waals surface area contributed by atoms with E-state index in [9.17, 15) is 9.59 Å². The SMILES string of the molecule is Nc1c(NCCO)[nH]c(=O)[nH]c1=O. The van der Waals surface area contributed by atoms with Crippen molar-refractivity contribution in [3.05, 3.63) is 20.8 Å². The Morgan fingerprint density at radius 2 is 2.08 bits per heavy atom. The summed E-state index contributed by atoms with van der Waals surface area (Å²) in [7, 11) is 0. The summed E-state index contributed by atoms with van der Waals surface area (Å²) < 4.78 is 0. The van der Waals surface area contributed by atoms with Gasteiger partial charge in [0, 0.05) is 6.54 Å². The zero-order valence-corrected chi connectivity index (χ0v) is 6.76. The van der Waals surface area contributed by atoms with E-state index in [-0.39, 0.29) is 24.7 Å². The lowest BCUT2D eigenvalue weighted by Gasteiger charge is -2.04. The number of aliphatic hydroxyl groups excluding tert-OH is 1. The van der Waals surface area contributed by atoms with Crippen molar-refractivity contribution in [2.24, 2.45) is 0 Å². The van der Waals surface area contributed by atoms with Crippen LogP contribution in [0.4, 0.5) is 11.5 Å². The number of hydrogen-bond donors (Lipinski definition) is 5. The van der Waals surface area contributed by atoms with E-state index in [4.69, 9.17) is 10.8 Å². The predicted octanol–water partition coefficient (Wildman–Crippen LogP) is -1.95. The monoisotopic (exact) mass is 186 g/mol. The highest BCUT2D eigenvalue weighted by molar-refractivity contribution is 5.58. The third-order valence-corrected chi connectivity index (χ3v) is 1.39. The van der Waals surface area contributed by atoms with Gasteiger partial charge in [0.1, 0.15) is 11.5 Å². The second kappa shape index (κ2) is 3.76. The number of rotatable bonds is 3. The number of nitrogens with two attached hydrogens (primary N) is 1. The van der Waals surface area contributed by atoms with Crippen LogP contribution in [-0.4, -0.2) is 28.2 Å². The molecule has 6 N–H and O–H groups in total. The van der Waals surface area contributed by atoms with E-state index < -0.39 is 11.2 Å². The zero-order chi connectivity index (χ0) is 9.84. The first-order valence-electron chi connectivity index (χ1n) is 3.62. The maximum Gasteiger partial charge on any atom is 0.327 e.